The summed E-state index contributed by atoms with van der Waals surface area (Å²) in [6.45, 7) is 0. The van der Waals surface area contributed by atoms with E-state index in [1.807, 2.05) is 0 Å². The van der Waals surface area contributed by atoms with E-state index in [9.17, 15) is 0 Å². The molecule has 0 aliphatic rings. The predicted octanol–water partition coefficient (Wildman–Crippen LogP) is 2.83. The van der Waals surface area contributed by atoms with Gasteiger partial charge in [-0.05, 0) is 0 Å². The van der Waals surface area contributed by atoms with Gasteiger partial charge in [0, 0.05) is 4.43 Å². The van der Waals surface area contributed by atoms with Crippen molar-refractivity contribution in [2.24, 2.45) is 0 Å². The van der Waals surface area contributed by atoms with Crippen molar-refractivity contribution in [3.05, 3.63) is 0 Å². The fourth-order valence-electron chi connectivity index (χ4n) is 0.0673. The third kappa shape index (κ3) is 4.13. The minimum absolute atomic E-state index is 0.107. The molecule has 0 aromatic carbocycles. The maximum Gasteiger partial charge on any atom is 0.124 e. The molecule has 0 N–H and O–H groups in total. The molecule has 1 atom stereocenters. The van der Waals surface area contributed by atoms with Crippen molar-refractivity contribution >= 4 is 57.4 Å². The summed E-state index contributed by atoms with van der Waals surface area (Å²) in [7, 11) is 0. The minimum atomic E-state index is -0.432. The molecule has 4 heteroatoms. The molecule has 0 bridgehead atoms. The fraction of sp³-hybridized carbons (Fsp3) is 1.00. The maximum atomic E-state index is 5.53. The zero-order valence-corrected chi connectivity index (χ0v) is 7.80. The standard InChI is InChI=1S/C3H4Cl3I/c4-2(1-7)3(5)6/h2-3H,1H2. The van der Waals surface area contributed by atoms with E-state index >= 15 is 0 Å². The van der Waals surface area contributed by atoms with Crippen molar-refractivity contribution in [2.75, 3.05) is 4.43 Å². The van der Waals surface area contributed by atoms with Gasteiger partial charge in [0.05, 0.1) is 5.38 Å². The SMILES string of the molecule is ClC(Cl)C(Cl)CI. The lowest BCUT2D eigenvalue weighted by Crippen LogP contribution is -2.08. The van der Waals surface area contributed by atoms with Crippen LogP contribution in [0.4, 0.5) is 0 Å². The first-order valence-electron chi connectivity index (χ1n) is 1.66. The van der Waals surface area contributed by atoms with Crippen LogP contribution in [-0.2, 0) is 0 Å². The zero-order valence-electron chi connectivity index (χ0n) is 3.37. The van der Waals surface area contributed by atoms with Gasteiger partial charge in [0.15, 0.2) is 0 Å². The average Bonchev–Trinajstić information content (AvgIpc) is 1.65. The van der Waals surface area contributed by atoms with Crippen LogP contribution in [0.25, 0.3) is 0 Å². The number of halogens is 4. The average molecular weight is 273 g/mol. The molecule has 0 nitrogen and oxygen atoms in total. The van der Waals surface area contributed by atoms with Crippen LogP contribution in [0.15, 0.2) is 0 Å². The largest absolute Gasteiger partial charge is 0.124 e. The summed E-state index contributed by atoms with van der Waals surface area (Å²) in [6.07, 6.45) is 0. The first-order chi connectivity index (χ1) is 3.18. The van der Waals surface area contributed by atoms with Gasteiger partial charge in [-0.1, -0.05) is 22.6 Å². The first kappa shape index (κ1) is 8.60. The normalized spacial score (nSPS) is 15.0. The van der Waals surface area contributed by atoms with E-state index in [0.717, 1.165) is 4.43 Å². The first-order valence-corrected chi connectivity index (χ1v) is 4.50. The lowest BCUT2D eigenvalue weighted by Gasteiger charge is -2.02. The van der Waals surface area contributed by atoms with Gasteiger partial charge in [-0.25, -0.2) is 0 Å². The summed E-state index contributed by atoms with van der Waals surface area (Å²) in [5, 5.41) is -0.107. The lowest BCUT2D eigenvalue weighted by molar-refractivity contribution is 1.08. The van der Waals surface area contributed by atoms with Gasteiger partial charge in [-0.3, -0.25) is 0 Å². The van der Waals surface area contributed by atoms with E-state index in [-0.39, 0.29) is 5.38 Å². The van der Waals surface area contributed by atoms with Gasteiger partial charge in [-0.15, -0.1) is 34.8 Å². The highest BCUT2D eigenvalue weighted by molar-refractivity contribution is 14.1. The minimum Gasteiger partial charge on any atom is -0.119 e. The summed E-state index contributed by atoms with van der Waals surface area (Å²) >= 11 is 18.4. The van der Waals surface area contributed by atoms with Crippen molar-refractivity contribution in [1.29, 1.82) is 0 Å². The fourth-order valence-corrected chi connectivity index (χ4v) is 1.36. The van der Waals surface area contributed by atoms with E-state index in [1.165, 1.54) is 0 Å². The Morgan fingerprint density at radius 1 is 1.29 bits per heavy atom. The van der Waals surface area contributed by atoms with E-state index in [0.29, 0.717) is 0 Å². The molecular weight excluding hydrogens is 269 g/mol. The zero-order chi connectivity index (χ0) is 5.86. The van der Waals surface area contributed by atoms with Gasteiger partial charge in [-0.2, -0.15) is 0 Å². The number of hydrogen-bond donors (Lipinski definition) is 0. The van der Waals surface area contributed by atoms with Gasteiger partial charge in [0.25, 0.3) is 0 Å². The Labute approximate surface area is 71.6 Å². The Morgan fingerprint density at radius 3 is 1.71 bits per heavy atom. The van der Waals surface area contributed by atoms with Crippen LogP contribution in [0.5, 0.6) is 0 Å². The molecular formula is C3H4Cl3I. The maximum absolute atomic E-state index is 5.53. The van der Waals surface area contributed by atoms with Crippen LogP contribution in [0.2, 0.25) is 0 Å². The molecule has 0 amide bonds. The molecule has 7 heavy (non-hydrogen) atoms. The number of rotatable bonds is 2. The highest BCUT2D eigenvalue weighted by Gasteiger charge is 2.09. The molecule has 0 aromatic heterocycles. The third-order valence-corrected chi connectivity index (χ3v) is 3.16. The lowest BCUT2D eigenvalue weighted by atomic mass is 10.6. The molecule has 0 radical (unpaired) electrons. The van der Waals surface area contributed by atoms with Crippen molar-refractivity contribution in [1.82, 2.24) is 0 Å². The van der Waals surface area contributed by atoms with Crippen LogP contribution in [0.3, 0.4) is 0 Å². The Kier molecular flexibility index (Phi) is 5.50. The Balaban J connectivity index is 3.14. The summed E-state index contributed by atoms with van der Waals surface area (Å²) in [5.74, 6) is 0. The molecule has 1 unspecified atom stereocenters. The molecule has 0 saturated heterocycles. The van der Waals surface area contributed by atoms with Crippen molar-refractivity contribution < 1.29 is 0 Å². The number of hydrogen-bond acceptors (Lipinski definition) is 0. The van der Waals surface area contributed by atoms with E-state index < -0.39 is 4.84 Å². The Bertz CT molecular complexity index is 47.4. The monoisotopic (exact) mass is 272 g/mol. The third-order valence-electron chi connectivity index (χ3n) is 0.421. The van der Waals surface area contributed by atoms with E-state index in [1.54, 1.807) is 0 Å². The second kappa shape index (κ2) is 4.48. The smallest absolute Gasteiger partial charge is 0.119 e. The molecule has 0 saturated carbocycles. The van der Waals surface area contributed by atoms with Crippen molar-refractivity contribution in [3.8, 4) is 0 Å². The molecule has 0 aliphatic heterocycles. The quantitative estimate of drug-likeness (QED) is 0.536. The van der Waals surface area contributed by atoms with Crippen LogP contribution in [0, 0.1) is 0 Å². The second-order valence-corrected chi connectivity index (χ2v) is 3.61. The van der Waals surface area contributed by atoms with Gasteiger partial charge in [0.2, 0.25) is 0 Å². The summed E-state index contributed by atoms with van der Waals surface area (Å²) in [4.78, 5) is -0.432. The molecule has 0 spiro atoms. The predicted molar refractivity (Wildman–Crippen MR) is 44.0 cm³/mol. The summed E-state index contributed by atoms with van der Waals surface area (Å²) < 4.78 is 0.789. The van der Waals surface area contributed by atoms with E-state index in [2.05, 4.69) is 22.6 Å². The van der Waals surface area contributed by atoms with Crippen LogP contribution >= 0.6 is 57.4 Å². The van der Waals surface area contributed by atoms with Crippen LogP contribution in [-0.4, -0.2) is 14.6 Å². The van der Waals surface area contributed by atoms with Gasteiger partial charge < -0.3 is 0 Å². The van der Waals surface area contributed by atoms with Gasteiger partial charge in [0.1, 0.15) is 4.84 Å². The van der Waals surface area contributed by atoms with E-state index in [4.69, 9.17) is 34.8 Å². The highest BCUT2D eigenvalue weighted by Crippen LogP contribution is 2.15. The molecule has 44 valence electrons. The summed E-state index contributed by atoms with van der Waals surface area (Å²) in [6, 6.07) is 0. The van der Waals surface area contributed by atoms with Crippen molar-refractivity contribution in [2.45, 2.75) is 10.2 Å². The Morgan fingerprint density at radius 2 is 1.71 bits per heavy atom. The Hall–Kier alpha value is 1.60. The number of alkyl halides is 4. The van der Waals surface area contributed by atoms with Crippen LogP contribution < -0.4 is 0 Å². The van der Waals surface area contributed by atoms with Crippen LogP contribution in [0.1, 0.15) is 0 Å². The molecule has 0 fully saturated rings. The topological polar surface area (TPSA) is 0 Å². The molecule has 0 heterocycles. The highest BCUT2D eigenvalue weighted by atomic mass is 127. The molecule has 0 rings (SSSR count). The van der Waals surface area contributed by atoms with Crippen molar-refractivity contribution in [3.63, 3.8) is 0 Å². The second-order valence-electron chi connectivity index (χ2n) is 1.00. The molecule has 0 aliphatic carbocycles. The van der Waals surface area contributed by atoms with Gasteiger partial charge >= 0.3 is 0 Å². The summed E-state index contributed by atoms with van der Waals surface area (Å²) in [5.41, 5.74) is 0. The molecule has 0 aromatic rings.